The molecule has 7 heteroatoms. The average molecular weight is 418 g/mol. The van der Waals surface area contributed by atoms with Crippen molar-refractivity contribution in [2.75, 3.05) is 5.32 Å². The average Bonchev–Trinajstić information content (AvgIpc) is 2.46. The molecule has 22 heavy (non-hydrogen) atoms. The van der Waals surface area contributed by atoms with Crippen LogP contribution in [0.3, 0.4) is 0 Å². The highest BCUT2D eigenvalue weighted by atomic mass is 127. The van der Waals surface area contributed by atoms with Crippen molar-refractivity contribution in [3.63, 3.8) is 0 Å². The van der Waals surface area contributed by atoms with Crippen LogP contribution in [0.4, 0.5) is 19.3 Å². The van der Waals surface area contributed by atoms with Crippen molar-refractivity contribution in [2.24, 2.45) is 0 Å². The van der Waals surface area contributed by atoms with Gasteiger partial charge >= 0.3 is 12.6 Å². The van der Waals surface area contributed by atoms with Gasteiger partial charge < -0.3 is 15.4 Å². The second-order valence-corrected chi connectivity index (χ2v) is 5.55. The highest BCUT2D eigenvalue weighted by Gasteiger charge is 2.10. The Morgan fingerprint density at radius 2 is 1.95 bits per heavy atom. The summed E-state index contributed by atoms with van der Waals surface area (Å²) >= 11 is 2.14. The number of hydrogen-bond donors (Lipinski definition) is 2. The van der Waals surface area contributed by atoms with Crippen LogP contribution < -0.4 is 15.4 Å². The van der Waals surface area contributed by atoms with Gasteiger partial charge in [-0.25, -0.2) is 4.79 Å². The number of carbonyl (C=O) groups excluding carboxylic acids is 1. The molecule has 2 aromatic carbocycles. The minimum atomic E-state index is -2.90. The summed E-state index contributed by atoms with van der Waals surface area (Å²) in [4.78, 5) is 11.8. The van der Waals surface area contributed by atoms with Crippen molar-refractivity contribution < 1.29 is 18.3 Å². The lowest BCUT2D eigenvalue weighted by atomic mass is 10.2. The first-order valence-electron chi connectivity index (χ1n) is 6.38. The summed E-state index contributed by atoms with van der Waals surface area (Å²) in [7, 11) is 0. The van der Waals surface area contributed by atoms with Crippen molar-refractivity contribution in [1.82, 2.24) is 5.32 Å². The van der Waals surface area contributed by atoms with E-state index in [4.69, 9.17) is 0 Å². The van der Waals surface area contributed by atoms with Crippen molar-refractivity contribution >= 4 is 34.3 Å². The second-order valence-electron chi connectivity index (χ2n) is 4.30. The van der Waals surface area contributed by atoms with Gasteiger partial charge in [-0.1, -0.05) is 24.3 Å². The van der Waals surface area contributed by atoms with Crippen LogP contribution in [0.1, 0.15) is 5.56 Å². The van der Waals surface area contributed by atoms with Gasteiger partial charge in [0, 0.05) is 21.4 Å². The molecule has 2 N–H and O–H groups in total. The maximum absolute atomic E-state index is 12.3. The van der Waals surface area contributed by atoms with Gasteiger partial charge in [0.2, 0.25) is 0 Å². The SMILES string of the molecule is O=C(NCc1ccccc1OC(F)F)Nc1cccc(I)c1. The molecule has 0 saturated carbocycles. The molecule has 4 nitrogen and oxygen atoms in total. The number of para-hydroxylation sites is 1. The van der Waals surface area contributed by atoms with Gasteiger partial charge in [0.1, 0.15) is 5.75 Å². The van der Waals surface area contributed by atoms with Crippen LogP contribution in [0.25, 0.3) is 0 Å². The molecule has 0 unspecified atom stereocenters. The largest absolute Gasteiger partial charge is 0.434 e. The van der Waals surface area contributed by atoms with Gasteiger partial charge in [-0.3, -0.25) is 0 Å². The van der Waals surface area contributed by atoms with E-state index in [9.17, 15) is 13.6 Å². The third-order valence-corrected chi connectivity index (χ3v) is 3.38. The van der Waals surface area contributed by atoms with E-state index >= 15 is 0 Å². The first-order chi connectivity index (χ1) is 10.5. The Balaban J connectivity index is 1.94. The lowest BCUT2D eigenvalue weighted by Gasteiger charge is -2.12. The molecular weight excluding hydrogens is 405 g/mol. The summed E-state index contributed by atoms with van der Waals surface area (Å²) in [5.74, 6) is 0.0482. The number of carbonyl (C=O) groups is 1. The van der Waals surface area contributed by atoms with Crippen molar-refractivity contribution in [2.45, 2.75) is 13.2 Å². The van der Waals surface area contributed by atoms with E-state index in [0.717, 1.165) is 3.57 Å². The minimum absolute atomic E-state index is 0.0482. The van der Waals surface area contributed by atoms with Crippen LogP contribution in [-0.4, -0.2) is 12.6 Å². The third-order valence-electron chi connectivity index (χ3n) is 2.71. The number of hydrogen-bond acceptors (Lipinski definition) is 2. The summed E-state index contributed by atoms with van der Waals surface area (Å²) in [6, 6.07) is 13.2. The standard InChI is InChI=1S/C15H13F2IN2O2/c16-14(17)22-13-7-2-1-4-10(13)9-19-15(21)20-12-6-3-5-11(18)8-12/h1-8,14H,9H2,(H2,19,20,21). The van der Waals surface area contributed by atoms with E-state index in [0.29, 0.717) is 11.3 Å². The molecule has 116 valence electrons. The normalized spacial score (nSPS) is 10.4. The Kier molecular flexibility index (Phi) is 5.93. The van der Waals surface area contributed by atoms with Gasteiger partial charge in [-0.2, -0.15) is 8.78 Å². The zero-order chi connectivity index (χ0) is 15.9. The van der Waals surface area contributed by atoms with E-state index in [1.807, 2.05) is 18.2 Å². The van der Waals surface area contributed by atoms with E-state index in [1.165, 1.54) is 6.07 Å². The van der Waals surface area contributed by atoms with Gasteiger partial charge in [-0.15, -0.1) is 0 Å². The van der Waals surface area contributed by atoms with Crippen LogP contribution in [-0.2, 0) is 6.54 Å². The maximum Gasteiger partial charge on any atom is 0.387 e. The van der Waals surface area contributed by atoms with Gasteiger partial charge in [0.25, 0.3) is 0 Å². The van der Waals surface area contributed by atoms with E-state index < -0.39 is 12.6 Å². The number of halogens is 3. The molecule has 2 amide bonds. The van der Waals surface area contributed by atoms with Crippen LogP contribution in [0, 0.1) is 3.57 Å². The van der Waals surface area contributed by atoms with Crippen molar-refractivity contribution in [3.05, 3.63) is 57.7 Å². The number of ether oxygens (including phenoxy) is 1. The first-order valence-corrected chi connectivity index (χ1v) is 7.45. The molecule has 0 heterocycles. The quantitative estimate of drug-likeness (QED) is 0.715. The van der Waals surface area contributed by atoms with Crippen LogP contribution in [0.15, 0.2) is 48.5 Å². The maximum atomic E-state index is 12.3. The summed E-state index contributed by atoms with van der Waals surface area (Å²) in [6.07, 6.45) is 0. The highest BCUT2D eigenvalue weighted by molar-refractivity contribution is 14.1. The van der Waals surface area contributed by atoms with Crippen molar-refractivity contribution in [1.29, 1.82) is 0 Å². The Hall–Kier alpha value is -1.90. The molecule has 0 aliphatic heterocycles. The molecule has 0 fully saturated rings. The van der Waals surface area contributed by atoms with Crippen LogP contribution in [0.2, 0.25) is 0 Å². The summed E-state index contributed by atoms with van der Waals surface area (Å²) in [5, 5.41) is 5.27. The zero-order valence-electron chi connectivity index (χ0n) is 11.4. The topological polar surface area (TPSA) is 50.4 Å². The number of anilines is 1. The monoisotopic (exact) mass is 418 g/mol. The fourth-order valence-corrected chi connectivity index (χ4v) is 2.32. The third kappa shape index (κ3) is 5.14. The molecule has 0 saturated heterocycles. The molecule has 0 aliphatic carbocycles. The van der Waals surface area contributed by atoms with Gasteiger partial charge in [-0.05, 0) is 46.9 Å². The molecular formula is C15H13F2IN2O2. The predicted octanol–water partition coefficient (Wildman–Crippen LogP) is 4.21. The fourth-order valence-electron chi connectivity index (χ4n) is 1.78. The molecule has 2 aromatic rings. The Bertz CT molecular complexity index is 653. The Morgan fingerprint density at radius 1 is 1.18 bits per heavy atom. The second kappa shape index (κ2) is 7.92. The van der Waals surface area contributed by atoms with Gasteiger partial charge in [0.15, 0.2) is 0 Å². The fraction of sp³-hybridized carbons (Fsp3) is 0.133. The van der Waals surface area contributed by atoms with Crippen LogP contribution >= 0.6 is 22.6 Å². The number of urea groups is 1. The lowest BCUT2D eigenvalue weighted by Crippen LogP contribution is -2.28. The summed E-state index contributed by atoms with van der Waals surface area (Å²) < 4.78 is 30.0. The number of rotatable bonds is 5. The highest BCUT2D eigenvalue weighted by Crippen LogP contribution is 2.20. The molecule has 0 atom stereocenters. The Morgan fingerprint density at radius 3 is 2.68 bits per heavy atom. The Labute approximate surface area is 140 Å². The molecule has 2 rings (SSSR count). The number of benzene rings is 2. The number of amides is 2. The molecule has 0 spiro atoms. The minimum Gasteiger partial charge on any atom is -0.434 e. The smallest absolute Gasteiger partial charge is 0.387 e. The lowest BCUT2D eigenvalue weighted by molar-refractivity contribution is -0.0504. The van der Waals surface area contributed by atoms with E-state index in [-0.39, 0.29) is 12.3 Å². The summed E-state index contributed by atoms with van der Waals surface area (Å²) in [5.41, 5.74) is 1.13. The zero-order valence-corrected chi connectivity index (χ0v) is 13.5. The molecule has 0 radical (unpaired) electrons. The number of alkyl halides is 2. The van der Waals surface area contributed by atoms with Gasteiger partial charge in [0.05, 0.1) is 0 Å². The van der Waals surface area contributed by atoms with Crippen LogP contribution in [0.5, 0.6) is 5.75 Å². The first kappa shape index (κ1) is 16.5. The molecule has 0 aromatic heterocycles. The predicted molar refractivity (Wildman–Crippen MR) is 88.1 cm³/mol. The summed E-state index contributed by atoms with van der Waals surface area (Å²) in [6.45, 7) is -2.82. The van der Waals surface area contributed by atoms with Crippen molar-refractivity contribution in [3.8, 4) is 5.75 Å². The van der Waals surface area contributed by atoms with E-state index in [2.05, 4.69) is 38.0 Å². The molecule has 0 bridgehead atoms. The van der Waals surface area contributed by atoms with E-state index in [1.54, 1.807) is 24.3 Å². The number of nitrogens with one attached hydrogen (secondary N) is 2. The molecule has 0 aliphatic rings.